The van der Waals surface area contributed by atoms with E-state index in [0.29, 0.717) is 0 Å². The molecule has 0 aromatic heterocycles. The van der Waals surface area contributed by atoms with Crippen molar-refractivity contribution in [1.82, 2.24) is 0 Å². The molecule has 1 aliphatic rings. The summed E-state index contributed by atoms with van der Waals surface area (Å²) >= 11 is 2.12. The van der Waals surface area contributed by atoms with Crippen molar-refractivity contribution in [3.8, 4) is 0 Å². The monoisotopic (exact) mass is 196 g/mol. The van der Waals surface area contributed by atoms with Gasteiger partial charge in [-0.25, -0.2) is 0 Å². The molecule has 1 aromatic rings. The summed E-state index contributed by atoms with van der Waals surface area (Å²) < 4.78 is 0. The second kappa shape index (κ2) is 8.03. The van der Waals surface area contributed by atoms with E-state index >= 15 is 0 Å². The Morgan fingerprint density at radius 2 is 1.60 bits per heavy atom. The van der Waals surface area contributed by atoms with E-state index in [1.807, 2.05) is 0 Å². The molecule has 0 atom stereocenters. The summed E-state index contributed by atoms with van der Waals surface area (Å²) in [7, 11) is 0. The van der Waals surface area contributed by atoms with Gasteiger partial charge in [-0.15, -0.1) is 0 Å². The average molecular weight is 196 g/mol. The Balaban J connectivity index is 0.000000337. The van der Waals surface area contributed by atoms with Crippen LogP contribution in [-0.2, 0) is 0 Å². The second-order valence-electron chi connectivity index (χ2n) is 4.45. The SMILES string of the molecule is [Li][CH2]C.c1ccc(C2CCCCC2)cc1. The van der Waals surface area contributed by atoms with Crippen molar-refractivity contribution in [2.45, 2.75) is 50.0 Å². The van der Waals surface area contributed by atoms with Gasteiger partial charge in [0, 0.05) is 0 Å². The van der Waals surface area contributed by atoms with E-state index in [4.69, 9.17) is 0 Å². The Morgan fingerprint density at radius 1 is 1.07 bits per heavy atom. The molecule has 0 spiro atoms. The van der Waals surface area contributed by atoms with Crippen molar-refractivity contribution in [2.24, 2.45) is 0 Å². The van der Waals surface area contributed by atoms with Crippen molar-refractivity contribution in [3.05, 3.63) is 35.9 Å². The van der Waals surface area contributed by atoms with Crippen molar-refractivity contribution in [1.29, 1.82) is 0 Å². The summed E-state index contributed by atoms with van der Waals surface area (Å²) in [6.07, 6.45) is 7.12. The minimum Gasteiger partial charge on any atom is -0.0622 e. The standard InChI is InChI=1S/C12H16.C2H5.Li/c1-3-7-11(8-4-1)12-9-5-2-6-10-12;1-2;/h1,3-4,7-8,12H,2,5-6,9-10H2;1H2,2H3;. The zero-order valence-electron chi connectivity index (χ0n) is 10.2. The van der Waals surface area contributed by atoms with E-state index in [2.05, 4.69) is 55.0 Å². The third-order valence-electron chi connectivity index (χ3n) is 2.88. The van der Waals surface area contributed by atoms with Gasteiger partial charge in [0.25, 0.3) is 0 Å². The van der Waals surface area contributed by atoms with Gasteiger partial charge in [0.1, 0.15) is 0 Å². The molecule has 2 rings (SSSR count). The van der Waals surface area contributed by atoms with Gasteiger partial charge in [0.15, 0.2) is 0 Å². The molecular weight excluding hydrogens is 175 g/mol. The largest absolute Gasteiger partial charge is 0.0622 e. The van der Waals surface area contributed by atoms with Gasteiger partial charge in [-0.1, -0.05) is 49.6 Å². The van der Waals surface area contributed by atoms with E-state index in [1.165, 1.54) is 37.2 Å². The Morgan fingerprint density at radius 3 is 2.13 bits per heavy atom. The molecule has 15 heavy (non-hydrogen) atoms. The minimum atomic E-state index is 0.861. The first kappa shape index (κ1) is 12.9. The summed E-state index contributed by atoms with van der Waals surface area (Å²) in [5.74, 6) is 0.861. The van der Waals surface area contributed by atoms with Crippen molar-refractivity contribution in [2.75, 3.05) is 0 Å². The first-order valence-electron chi connectivity index (χ1n) is 6.43. The maximum absolute atomic E-state index is 2.27. The van der Waals surface area contributed by atoms with Crippen LogP contribution in [0.25, 0.3) is 0 Å². The smallest absolute Gasteiger partial charge is 0.0162 e. The van der Waals surface area contributed by atoms with Gasteiger partial charge < -0.3 is 0 Å². The summed E-state index contributed by atoms with van der Waals surface area (Å²) in [6, 6.07) is 11.0. The molecular formula is C14H21Li. The minimum absolute atomic E-state index is 0.861. The van der Waals surface area contributed by atoms with E-state index in [-0.39, 0.29) is 0 Å². The molecule has 0 radical (unpaired) electrons. The van der Waals surface area contributed by atoms with Crippen LogP contribution in [0.4, 0.5) is 0 Å². The summed E-state index contributed by atoms with van der Waals surface area (Å²) in [5, 5.41) is 1.25. The number of benzene rings is 1. The molecule has 0 saturated heterocycles. The maximum atomic E-state index is 2.27. The number of hydrogen-bond donors (Lipinski definition) is 0. The van der Waals surface area contributed by atoms with Gasteiger partial charge in [0.2, 0.25) is 0 Å². The van der Waals surface area contributed by atoms with Crippen LogP contribution in [0.5, 0.6) is 0 Å². The van der Waals surface area contributed by atoms with Crippen LogP contribution < -0.4 is 0 Å². The first-order valence-corrected chi connectivity index (χ1v) is 6.43. The van der Waals surface area contributed by atoms with Crippen molar-refractivity contribution in [3.63, 3.8) is 0 Å². The van der Waals surface area contributed by atoms with Crippen LogP contribution in [0.15, 0.2) is 30.3 Å². The molecule has 1 fully saturated rings. The third kappa shape index (κ3) is 4.91. The van der Waals surface area contributed by atoms with Crippen molar-refractivity contribution < 1.29 is 0 Å². The number of rotatable bonds is 1. The Hall–Kier alpha value is -0.183. The topological polar surface area (TPSA) is 0 Å². The molecule has 0 amide bonds. The summed E-state index contributed by atoms with van der Waals surface area (Å²) in [6.45, 7) is 2.12. The van der Waals surface area contributed by atoms with Crippen LogP contribution in [0.1, 0.15) is 50.5 Å². The van der Waals surface area contributed by atoms with Gasteiger partial charge in [-0.3, -0.25) is 0 Å². The molecule has 78 valence electrons. The zero-order valence-corrected chi connectivity index (χ0v) is 10.2. The van der Waals surface area contributed by atoms with Crippen LogP contribution in [0.2, 0.25) is 5.09 Å². The Kier molecular flexibility index (Phi) is 6.89. The molecule has 0 nitrogen and oxygen atoms in total. The van der Waals surface area contributed by atoms with Crippen LogP contribution >= 0.6 is 0 Å². The van der Waals surface area contributed by atoms with Gasteiger partial charge in [-0.05, 0) is 24.3 Å². The average Bonchev–Trinajstić information content (AvgIpc) is 2.32. The van der Waals surface area contributed by atoms with E-state index in [0.717, 1.165) is 5.92 Å². The number of hydrogen-bond acceptors (Lipinski definition) is 0. The quantitative estimate of drug-likeness (QED) is 0.586. The van der Waals surface area contributed by atoms with E-state index in [9.17, 15) is 0 Å². The first-order chi connectivity index (χ1) is 7.38. The zero-order chi connectivity index (χ0) is 10.9. The van der Waals surface area contributed by atoms with E-state index < -0.39 is 0 Å². The van der Waals surface area contributed by atoms with E-state index in [1.54, 1.807) is 5.56 Å². The second-order valence-corrected chi connectivity index (χ2v) is 4.45. The molecule has 0 heterocycles. The summed E-state index contributed by atoms with van der Waals surface area (Å²) in [4.78, 5) is 0. The summed E-state index contributed by atoms with van der Waals surface area (Å²) in [5.41, 5.74) is 1.55. The predicted octanol–water partition coefficient (Wildman–Crippen LogP) is 4.33. The van der Waals surface area contributed by atoms with Crippen LogP contribution in [0.3, 0.4) is 0 Å². The molecule has 1 saturated carbocycles. The molecule has 0 N–H and O–H groups in total. The third-order valence-corrected chi connectivity index (χ3v) is 2.88. The predicted molar refractivity (Wildman–Crippen MR) is 68.5 cm³/mol. The van der Waals surface area contributed by atoms with Crippen molar-refractivity contribution >= 4 is 17.7 Å². The van der Waals surface area contributed by atoms with Gasteiger partial charge in [0.05, 0.1) is 0 Å². The van der Waals surface area contributed by atoms with Gasteiger partial charge >= 0.3 is 29.7 Å². The molecule has 1 aromatic carbocycles. The van der Waals surface area contributed by atoms with Gasteiger partial charge in [-0.2, -0.15) is 0 Å². The van der Waals surface area contributed by atoms with Crippen LogP contribution in [0, 0.1) is 0 Å². The fourth-order valence-electron chi connectivity index (χ4n) is 2.16. The molecule has 0 aliphatic heterocycles. The molecule has 0 unspecified atom stereocenters. The fourth-order valence-corrected chi connectivity index (χ4v) is 2.16. The Labute approximate surface area is 104 Å². The maximum Gasteiger partial charge on any atom is -0.0162 e. The Bertz CT molecular complexity index is 237. The fraction of sp³-hybridized carbons (Fsp3) is 0.571. The molecule has 0 bridgehead atoms. The normalized spacial score (nSPS) is 16.7. The molecule has 1 aliphatic carbocycles. The van der Waals surface area contributed by atoms with Crippen LogP contribution in [-0.4, -0.2) is 17.7 Å². The molecule has 1 heteroatoms.